The van der Waals surface area contributed by atoms with Crippen molar-refractivity contribution in [2.45, 2.75) is 96.8 Å². The zero-order valence-electron chi connectivity index (χ0n) is 20.0. The topological polar surface area (TPSA) is 43.7 Å². The number of hydrogen-bond donors (Lipinski definition) is 2. The number of rotatable bonds is 11. The quantitative estimate of drug-likeness (QED) is 0.210. The van der Waals surface area contributed by atoms with Gasteiger partial charge in [0.25, 0.3) is 0 Å². The zero-order chi connectivity index (χ0) is 22.4. The van der Waals surface area contributed by atoms with Crippen LogP contribution in [-0.4, -0.2) is 27.6 Å². The molecule has 3 rings (SSSR count). The molecule has 2 aliphatic rings. The van der Waals surface area contributed by atoms with E-state index in [0.29, 0.717) is 23.1 Å². The highest BCUT2D eigenvalue weighted by Crippen LogP contribution is 2.53. The maximum atomic E-state index is 11.2. The van der Waals surface area contributed by atoms with Crippen molar-refractivity contribution in [1.82, 2.24) is 4.31 Å². The molecule has 31 heavy (non-hydrogen) atoms. The monoisotopic (exact) mass is 443 g/mol. The molecule has 0 atom stereocenters. The van der Waals surface area contributed by atoms with Gasteiger partial charge in [0.2, 0.25) is 0 Å². The van der Waals surface area contributed by atoms with Crippen LogP contribution in [0.3, 0.4) is 0 Å². The molecule has 4 heteroatoms. The van der Waals surface area contributed by atoms with Gasteiger partial charge in [-0.3, -0.25) is 0 Å². The first-order valence-electron chi connectivity index (χ1n) is 12.1. The van der Waals surface area contributed by atoms with E-state index in [-0.39, 0.29) is 5.75 Å². The Hall–Kier alpha value is -1.39. The van der Waals surface area contributed by atoms with Gasteiger partial charge in [0.15, 0.2) is 0 Å². The van der Waals surface area contributed by atoms with Crippen LogP contribution in [0.2, 0.25) is 0 Å². The maximum absolute atomic E-state index is 11.2. The van der Waals surface area contributed by atoms with E-state index in [4.69, 9.17) is 0 Å². The number of hydrogen-bond acceptors (Lipinski definition) is 4. The number of allylic oxidation sites excluding steroid dienone is 4. The summed E-state index contributed by atoms with van der Waals surface area (Å²) in [5.41, 5.74) is 4.97. The van der Waals surface area contributed by atoms with Gasteiger partial charge < -0.3 is 10.2 Å². The molecule has 172 valence electrons. The Morgan fingerprint density at radius 1 is 1.13 bits per heavy atom. The van der Waals surface area contributed by atoms with E-state index in [9.17, 15) is 10.2 Å². The van der Waals surface area contributed by atoms with Crippen molar-refractivity contribution in [2.75, 3.05) is 13.1 Å². The molecule has 0 bridgehead atoms. The van der Waals surface area contributed by atoms with Gasteiger partial charge in [0.05, 0.1) is 4.90 Å². The van der Waals surface area contributed by atoms with E-state index in [1.54, 1.807) is 11.9 Å². The molecule has 1 aliphatic heterocycles. The van der Waals surface area contributed by atoms with E-state index in [0.717, 1.165) is 49.2 Å². The Kier molecular flexibility index (Phi) is 8.58. The van der Waals surface area contributed by atoms with Gasteiger partial charge in [-0.2, -0.15) is 0 Å². The van der Waals surface area contributed by atoms with Gasteiger partial charge in [-0.25, -0.2) is 4.31 Å². The van der Waals surface area contributed by atoms with Crippen molar-refractivity contribution < 1.29 is 10.2 Å². The third-order valence-corrected chi connectivity index (χ3v) is 8.02. The van der Waals surface area contributed by atoms with Crippen molar-refractivity contribution in [3.05, 3.63) is 40.5 Å². The molecule has 0 radical (unpaired) electrons. The lowest BCUT2D eigenvalue weighted by Gasteiger charge is -2.55. The van der Waals surface area contributed by atoms with Crippen LogP contribution in [0.4, 0.5) is 0 Å². The van der Waals surface area contributed by atoms with E-state index in [2.05, 4.69) is 44.2 Å². The van der Waals surface area contributed by atoms with Crippen LogP contribution in [0.15, 0.2) is 34.3 Å². The maximum Gasteiger partial charge on any atom is 0.137 e. The van der Waals surface area contributed by atoms with Gasteiger partial charge in [-0.15, -0.1) is 0 Å². The predicted octanol–water partition coefficient (Wildman–Crippen LogP) is 7.56. The van der Waals surface area contributed by atoms with Crippen molar-refractivity contribution in [3.8, 4) is 11.5 Å². The summed E-state index contributed by atoms with van der Waals surface area (Å²) in [6.07, 6.45) is 15.5. The zero-order valence-corrected chi connectivity index (χ0v) is 20.8. The summed E-state index contributed by atoms with van der Waals surface area (Å²) in [7, 11) is 0. The molecule has 2 N–H and O–H groups in total. The molecule has 0 amide bonds. The van der Waals surface area contributed by atoms with Crippen LogP contribution in [0.5, 0.6) is 11.5 Å². The summed E-state index contributed by atoms with van der Waals surface area (Å²) in [6.45, 7) is 10.9. The van der Waals surface area contributed by atoms with E-state index in [1.165, 1.54) is 43.3 Å². The van der Waals surface area contributed by atoms with Gasteiger partial charge in [0, 0.05) is 18.7 Å². The minimum atomic E-state index is 0.237. The van der Waals surface area contributed by atoms with Crippen molar-refractivity contribution in [3.63, 3.8) is 0 Å². The molecule has 1 saturated heterocycles. The Balaban J connectivity index is 1.74. The second kappa shape index (κ2) is 11.0. The second-order valence-electron chi connectivity index (χ2n) is 9.99. The summed E-state index contributed by atoms with van der Waals surface area (Å²) >= 11 is 1.71. The normalized spacial score (nSPS) is 18.0. The van der Waals surface area contributed by atoms with E-state index in [1.807, 2.05) is 6.07 Å². The molecule has 1 aromatic carbocycles. The van der Waals surface area contributed by atoms with Crippen LogP contribution in [0.25, 0.3) is 0 Å². The molecule has 1 spiro atoms. The van der Waals surface area contributed by atoms with Gasteiger partial charge in [-0.05, 0) is 94.7 Å². The van der Waals surface area contributed by atoms with Crippen LogP contribution in [0, 0.1) is 5.41 Å². The molecule has 0 aromatic heterocycles. The fourth-order valence-electron chi connectivity index (χ4n) is 4.64. The van der Waals surface area contributed by atoms with Crippen LogP contribution >= 0.6 is 11.9 Å². The Morgan fingerprint density at radius 3 is 2.48 bits per heavy atom. The number of nitrogens with zero attached hydrogens (tertiary/aromatic N) is 1. The minimum absolute atomic E-state index is 0.237. The lowest BCUT2D eigenvalue weighted by Crippen LogP contribution is -2.56. The van der Waals surface area contributed by atoms with E-state index < -0.39 is 0 Å². The minimum Gasteiger partial charge on any atom is -0.508 e. The first-order chi connectivity index (χ1) is 14.8. The number of benzene rings is 1. The van der Waals surface area contributed by atoms with Gasteiger partial charge in [0.1, 0.15) is 11.5 Å². The number of unbranched alkanes of at least 4 members (excludes halogenated alkanes) is 2. The molecular weight excluding hydrogens is 402 g/mol. The fraction of sp³-hybridized carbons (Fsp3) is 0.630. The largest absolute Gasteiger partial charge is 0.508 e. The highest BCUT2D eigenvalue weighted by atomic mass is 32.2. The van der Waals surface area contributed by atoms with Crippen LogP contribution < -0.4 is 0 Å². The van der Waals surface area contributed by atoms with Crippen molar-refractivity contribution >= 4 is 11.9 Å². The Bertz CT molecular complexity index is 811. The Morgan fingerprint density at radius 2 is 1.87 bits per heavy atom. The van der Waals surface area contributed by atoms with Crippen molar-refractivity contribution in [2.24, 2.45) is 5.41 Å². The van der Waals surface area contributed by atoms with Crippen LogP contribution in [0.1, 0.15) is 90.2 Å². The summed E-state index contributed by atoms with van der Waals surface area (Å²) in [5.74, 6) is 0.528. The third kappa shape index (κ3) is 6.32. The number of phenols is 2. The summed E-state index contributed by atoms with van der Waals surface area (Å²) < 4.78 is 2.40. The van der Waals surface area contributed by atoms with Crippen molar-refractivity contribution in [1.29, 1.82) is 0 Å². The first kappa shape index (κ1) is 24.3. The summed E-state index contributed by atoms with van der Waals surface area (Å²) in [6, 6.07) is 1.91. The molecule has 3 nitrogen and oxygen atoms in total. The molecule has 0 unspecified atom stereocenters. The average Bonchev–Trinajstić information content (AvgIpc) is 2.64. The first-order valence-corrected chi connectivity index (χ1v) is 12.9. The second-order valence-corrected chi connectivity index (χ2v) is 11.1. The molecular formula is C27H41NO2S. The molecule has 1 aromatic rings. The lowest BCUT2D eigenvalue weighted by molar-refractivity contribution is -0.00160. The molecule has 1 saturated carbocycles. The third-order valence-electron chi connectivity index (χ3n) is 6.87. The smallest absolute Gasteiger partial charge is 0.137 e. The predicted molar refractivity (Wildman–Crippen MR) is 133 cm³/mol. The Labute approximate surface area is 193 Å². The highest BCUT2D eigenvalue weighted by Gasteiger charge is 2.47. The standard InChI is InChI=1S/C27H41NO2S/c1-5-6-7-12-22-17-24(29)23(14-13-21(4)11-8-10-20(2)3)25(30)26(22)31-28-18-27(19-28)15-9-16-27/h10,13,17,29-30H,5-9,11-12,14-16,18-19H2,1-4H3/b21-13+. The molecule has 1 heterocycles. The van der Waals surface area contributed by atoms with E-state index >= 15 is 0 Å². The summed E-state index contributed by atoms with van der Waals surface area (Å²) in [4.78, 5) is 0.966. The highest BCUT2D eigenvalue weighted by molar-refractivity contribution is 7.97. The van der Waals surface area contributed by atoms with Crippen LogP contribution in [-0.2, 0) is 12.8 Å². The lowest BCUT2D eigenvalue weighted by atomic mass is 9.65. The molecule has 1 aliphatic carbocycles. The van der Waals surface area contributed by atoms with Gasteiger partial charge >= 0.3 is 0 Å². The number of aromatic hydroxyl groups is 2. The fourth-order valence-corrected chi connectivity index (χ4v) is 6.06. The SMILES string of the molecule is CCCCCc1cc(O)c(C/C=C(\C)CCC=C(C)C)c(O)c1SN1CC2(CCC2)C1. The summed E-state index contributed by atoms with van der Waals surface area (Å²) in [5, 5.41) is 21.9. The average molecular weight is 444 g/mol. The number of phenolic OH excluding ortho intramolecular Hbond substituents is 2. The van der Waals surface area contributed by atoms with Gasteiger partial charge in [-0.1, -0.05) is 49.5 Å². The molecule has 2 fully saturated rings. The number of aryl methyl sites for hydroxylation is 1.